The monoisotopic (exact) mass is 620 g/mol. The molecule has 0 N–H and O–H groups in total. The minimum Gasteiger partial charge on any atom is -0.336 e. The topological polar surface area (TPSA) is 74.8 Å². The molecular formula is C28H27F7N2O4S. The van der Waals surface area contributed by atoms with E-state index >= 15 is 4.39 Å². The lowest BCUT2D eigenvalue weighted by molar-refractivity contribution is -0.348. The fourth-order valence-corrected chi connectivity index (χ4v) is 9.17. The molecule has 5 rings (SSSR count). The lowest BCUT2D eigenvalue weighted by Crippen LogP contribution is -2.53. The van der Waals surface area contributed by atoms with Gasteiger partial charge in [-0.25, -0.2) is 12.8 Å². The minimum absolute atomic E-state index is 0.0598. The molecule has 2 fully saturated rings. The average Bonchev–Trinajstić information content (AvgIpc) is 3.42. The van der Waals surface area contributed by atoms with E-state index in [0.29, 0.717) is 12.1 Å². The van der Waals surface area contributed by atoms with Gasteiger partial charge < -0.3 is 9.80 Å². The van der Waals surface area contributed by atoms with E-state index in [2.05, 4.69) is 0 Å². The Morgan fingerprint density at radius 1 is 0.929 bits per heavy atom. The Balaban J connectivity index is 1.71. The number of sulfone groups is 1. The summed E-state index contributed by atoms with van der Waals surface area (Å²) in [5.74, 6) is -0.728. The van der Waals surface area contributed by atoms with E-state index in [4.69, 9.17) is 0 Å². The largest absolute Gasteiger partial charge is 0.435 e. The zero-order chi connectivity index (χ0) is 30.9. The number of fused-ring (bicyclic) bond motifs is 3. The summed E-state index contributed by atoms with van der Waals surface area (Å²) in [6.07, 6.45) is -12.5. The average molecular weight is 621 g/mol. The van der Waals surface area contributed by atoms with Gasteiger partial charge in [0.2, 0.25) is 11.8 Å². The van der Waals surface area contributed by atoms with Gasteiger partial charge in [0.05, 0.1) is 10.9 Å². The smallest absolute Gasteiger partial charge is 0.336 e. The summed E-state index contributed by atoms with van der Waals surface area (Å²) in [5, 5.41) is 0. The third-order valence-corrected chi connectivity index (χ3v) is 11.4. The van der Waals surface area contributed by atoms with E-state index in [1.807, 2.05) is 0 Å². The van der Waals surface area contributed by atoms with Crippen LogP contribution in [-0.2, 0) is 36.3 Å². The van der Waals surface area contributed by atoms with Crippen LogP contribution in [0.25, 0.3) is 0 Å². The molecule has 0 spiro atoms. The highest BCUT2D eigenvalue weighted by Crippen LogP contribution is 2.56. The van der Waals surface area contributed by atoms with Crippen molar-refractivity contribution in [2.75, 3.05) is 13.6 Å². The van der Waals surface area contributed by atoms with Gasteiger partial charge in [0.15, 0.2) is 9.84 Å². The molecule has 6 nitrogen and oxygen atoms in total. The summed E-state index contributed by atoms with van der Waals surface area (Å²) in [6, 6.07) is 6.97. The zero-order valence-electron chi connectivity index (χ0n) is 22.3. The Bertz CT molecular complexity index is 1500. The minimum atomic E-state index is -6.33. The molecule has 2 aromatic rings. The van der Waals surface area contributed by atoms with Crippen molar-refractivity contribution >= 4 is 21.7 Å². The third-order valence-electron chi connectivity index (χ3n) is 8.90. The predicted molar refractivity (Wildman–Crippen MR) is 135 cm³/mol. The van der Waals surface area contributed by atoms with Crippen LogP contribution in [0, 0.1) is 0 Å². The number of hydrogen-bond acceptors (Lipinski definition) is 4. The second kappa shape index (κ2) is 9.95. The van der Waals surface area contributed by atoms with E-state index in [9.17, 15) is 44.3 Å². The number of likely N-dealkylation sites (N-methyl/N-ethyl adjacent to an activating group) is 1. The molecule has 14 heteroatoms. The second-order valence-electron chi connectivity index (χ2n) is 11.0. The molecule has 0 bridgehead atoms. The molecule has 3 aliphatic rings. The quantitative estimate of drug-likeness (QED) is 0.441. The molecule has 2 aliphatic heterocycles. The SMILES string of the molecule is CN1C(=O)CC[C@H]1C(=O)N1CC[C@]2(S(=O)(=O)c3ccccc3)c3ccc(C(F)(C(F)(F)F)C(F)(F)F)cc3CCC[C@H]12. The predicted octanol–water partition coefficient (Wildman–Crippen LogP) is 5.20. The van der Waals surface area contributed by atoms with Gasteiger partial charge in [-0.15, -0.1) is 0 Å². The fraction of sp³-hybridized carbons (Fsp3) is 0.500. The van der Waals surface area contributed by atoms with Crippen LogP contribution in [0.2, 0.25) is 0 Å². The Morgan fingerprint density at radius 3 is 2.14 bits per heavy atom. The van der Waals surface area contributed by atoms with Crippen LogP contribution < -0.4 is 0 Å². The van der Waals surface area contributed by atoms with Crippen molar-refractivity contribution in [3.63, 3.8) is 0 Å². The molecule has 2 amide bonds. The van der Waals surface area contributed by atoms with Gasteiger partial charge in [0.25, 0.3) is 0 Å². The third kappa shape index (κ3) is 4.22. The molecule has 2 saturated heterocycles. The normalized spacial score (nSPS) is 25.3. The Labute approximate surface area is 237 Å². The number of halogens is 7. The lowest BCUT2D eigenvalue weighted by Gasteiger charge is -2.39. The highest BCUT2D eigenvalue weighted by atomic mass is 32.2. The van der Waals surface area contributed by atoms with Crippen LogP contribution in [0.4, 0.5) is 30.7 Å². The maximum atomic E-state index is 15.0. The molecule has 2 aromatic carbocycles. The van der Waals surface area contributed by atoms with Crippen LogP contribution in [0.1, 0.15) is 48.8 Å². The van der Waals surface area contributed by atoms with Crippen LogP contribution in [0.15, 0.2) is 53.4 Å². The highest BCUT2D eigenvalue weighted by molar-refractivity contribution is 7.92. The Morgan fingerprint density at radius 2 is 1.57 bits per heavy atom. The first-order valence-electron chi connectivity index (χ1n) is 13.3. The van der Waals surface area contributed by atoms with E-state index in [1.54, 1.807) is 6.07 Å². The van der Waals surface area contributed by atoms with Crippen molar-refractivity contribution in [1.29, 1.82) is 0 Å². The Kier molecular flexibility index (Phi) is 7.18. The number of carbonyl (C=O) groups is 2. The summed E-state index contributed by atoms with van der Waals surface area (Å²) in [5.41, 5.74) is -7.59. The first-order chi connectivity index (χ1) is 19.5. The lowest BCUT2D eigenvalue weighted by atomic mass is 9.84. The van der Waals surface area contributed by atoms with Crippen molar-refractivity contribution in [2.24, 2.45) is 0 Å². The van der Waals surface area contributed by atoms with Crippen molar-refractivity contribution in [1.82, 2.24) is 9.80 Å². The first-order valence-corrected chi connectivity index (χ1v) is 14.8. The molecular weight excluding hydrogens is 593 g/mol. The summed E-state index contributed by atoms with van der Waals surface area (Å²) in [7, 11) is -2.96. The Hall–Kier alpha value is -3.16. The molecule has 42 heavy (non-hydrogen) atoms. The summed E-state index contributed by atoms with van der Waals surface area (Å²) in [4.78, 5) is 28.4. The van der Waals surface area contributed by atoms with Crippen LogP contribution >= 0.6 is 0 Å². The van der Waals surface area contributed by atoms with E-state index in [-0.39, 0.29) is 67.0 Å². The van der Waals surface area contributed by atoms with E-state index in [1.165, 1.54) is 41.1 Å². The molecule has 0 radical (unpaired) electrons. The number of carbonyl (C=O) groups excluding carboxylic acids is 2. The second-order valence-corrected chi connectivity index (χ2v) is 13.2. The van der Waals surface area contributed by atoms with Crippen molar-refractivity contribution in [3.8, 4) is 0 Å². The molecule has 0 unspecified atom stereocenters. The maximum absolute atomic E-state index is 15.0. The van der Waals surface area contributed by atoms with Gasteiger partial charge in [-0.1, -0.05) is 36.4 Å². The van der Waals surface area contributed by atoms with E-state index in [0.717, 1.165) is 6.07 Å². The number of alkyl halides is 7. The van der Waals surface area contributed by atoms with Crippen LogP contribution in [0.5, 0.6) is 0 Å². The standard InChI is InChI=1S/C28H27F7N2O4S/c1-36-21(12-13-23(36)38)24(39)37-15-14-25(42(40,41)19-7-3-2-4-8-19)20-11-10-18(16-17(20)6-5-9-22(25)37)26(29,27(30,31)32)28(33,34)35/h2-4,7-8,10-11,16,21-22H,5-6,9,12-15H2,1H3/t21-,22-,25-/m0/s1. The fourth-order valence-electron chi connectivity index (χ4n) is 6.78. The van der Waals surface area contributed by atoms with Gasteiger partial charge in [-0.2, -0.15) is 26.3 Å². The number of nitrogens with zero attached hydrogens (tertiary/aromatic N) is 2. The summed E-state index contributed by atoms with van der Waals surface area (Å²) < 4.78 is 124. The van der Waals surface area contributed by atoms with Gasteiger partial charge in [-0.3, -0.25) is 9.59 Å². The van der Waals surface area contributed by atoms with Crippen LogP contribution in [0.3, 0.4) is 0 Å². The van der Waals surface area contributed by atoms with Crippen molar-refractivity contribution in [3.05, 3.63) is 65.2 Å². The van der Waals surface area contributed by atoms with Gasteiger partial charge >= 0.3 is 18.0 Å². The van der Waals surface area contributed by atoms with Crippen molar-refractivity contribution in [2.45, 2.75) is 78.3 Å². The number of hydrogen-bond donors (Lipinski definition) is 0. The van der Waals surface area contributed by atoms with Gasteiger partial charge in [0, 0.05) is 25.6 Å². The molecule has 0 aromatic heterocycles. The molecule has 2 heterocycles. The number of amides is 2. The van der Waals surface area contributed by atoms with Gasteiger partial charge in [0.1, 0.15) is 10.8 Å². The zero-order valence-corrected chi connectivity index (χ0v) is 23.1. The van der Waals surface area contributed by atoms with Crippen LogP contribution in [-0.4, -0.2) is 68.1 Å². The maximum Gasteiger partial charge on any atom is 0.435 e. The molecule has 228 valence electrons. The first kappa shape index (κ1) is 30.3. The number of aryl methyl sites for hydroxylation is 1. The molecule has 1 aliphatic carbocycles. The number of benzene rings is 2. The van der Waals surface area contributed by atoms with E-state index < -0.39 is 56.2 Å². The summed E-state index contributed by atoms with van der Waals surface area (Å²) in [6.45, 7) is -0.0760. The van der Waals surface area contributed by atoms with Gasteiger partial charge in [-0.05, 0) is 55.4 Å². The number of rotatable bonds is 4. The number of likely N-dealkylation sites (tertiary alicyclic amines) is 2. The summed E-state index contributed by atoms with van der Waals surface area (Å²) >= 11 is 0. The van der Waals surface area contributed by atoms with Crippen molar-refractivity contribution < 1.29 is 48.7 Å². The molecule has 0 saturated carbocycles. The molecule has 3 atom stereocenters. The highest BCUT2D eigenvalue weighted by Gasteiger charge is 2.73.